The molecule has 0 aromatic heterocycles. The molecule has 1 amide bonds. The molecule has 1 aliphatic rings. The molecule has 150 valence electrons. The number of piperazine rings is 1. The van der Waals surface area contributed by atoms with Gasteiger partial charge in [-0.05, 0) is 36.4 Å². The Morgan fingerprint density at radius 2 is 1.68 bits per heavy atom. The van der Waals surface area contributed by atoms with Crippen LogP contribution in [-0.2, 0) is 14.8 Å². The molecule has 0 aliphatic carbocycles. The number of hydrogen-bond acceptors (Lipinski definition) is 4. The standard InChI is InChI=1S/C18H18F3N3O3S/c19-13-2-1-3-14(10-13)22-18(25)12-23-6-8-24(9-7-23)28(26,27)15-4-5-16(20)17(21)11-15/h1-5,10-11H,6-9,12H2,(H,22,25). The molecular formula is C18H18F3N3O3S. The number of carbonyl (C=O) groups is 1. The molecule has 2 aromatic rings. The van der Waals surface area contributed by atoms with E-state index in [1.165, 1.54) is 22.5 Å². The fourth-order valence-corrected chi connectivity index (χ4v) is 4.32. The molecule has 0 radical (unpaired) electrons. The fourth-order valence-electron chi connectivity index (χ4n) is 2.88. The lowest BCUT2D eigenvalue weighted by molar-refractivity contribution is -0.117. The minimum atomic E-state index is -3.95. The SMILES string of the molecule is O=C(CN1CCN(S(=O)(=O)c2ccc(F)c(F)c2)CC1)Nc1cccc(F)c1. The quantitative estimate of drug-likeness (QED) is 0.815. The number of anilines is 1. The van der Waals surface area contributed by atoms with Crippen LogP contribution < -0.4 is 5.32 Å². The summed E-state index contributed by atoms with van der Waals surface area (Å²) in [5, 5.41) is 2.58. The van der Waals surface area contributed by atoms with Gasteiger partial charge < -0.3 is 5.32 Å². The van der Waals surface area contributed by atoms with Crippen molar-refractivity contribution in [3.05, 3.63) is 59.9 Å². The smallest absolute Gasteiger partial charge is 0.243 e. The Balaban J connectivity index is 1.56. The van der Waals surface area contributed by atoms with E-state index >= 15 is 0 Å². The summed E-state index contributed by atoms with van der Waals surface area (Å²) in [6, 6.07) is 7.96. The van der Waals surface area contributed by atoms with E-state index in [1.54, 1.807) is 11.0 Å². The third-order valence-corrected chi connectivity index (χ3v) is 6.23. The highest BCUT2D eigenvalue weighted by atomic mass is 32.2. The van der Waals surface area contributed by atoms with Crippen LogP contribution in [0.2, 0.25) is 0 Å². The minimum absolute atomic E-state index is 0.0234. The van der Waals surface area contributed by atoms with E-state index in [9.17, 15) is 26.4 Å². The molecule has 1 N–H and O–H groups in total. The van der Waals surface area contributed by atoms with E-state index in [1.807, 2.05) is 0 Å². The van der Waals surface area contributed by atoms with Crippen LogP contribution >= 0.6 is 0 Å². The Bertz CT molecular complexity index is 977. The van der Waals surface area contributed by atoms with Crippen LogP contribution in [0.1, 0.15) is 0 Å². The molecule has 3 rings (SSSR count). The molecule has 0 unspecified atom stereocenters. The highest BCUT2D eigenvalue weighted by Gasteiger charge is 2.29. The molecule has 1 heterocycles. The molecule has 0 bridgehead atoms. The second-order valence-corrected chi connectivity index (χ2v) is 8.25. The van der Waals surface area contributed by atoms with Crippen LogP contribution in [-0.4, -0.2) is 56.3 Å². The summed E-state index contributed by atoms with van der Waals surface area (Å²) in [6.45, 7) is 0.817. The summed E-state index contributed by atoms with van der Waals surface area (Å²) in [7, 11) is -3.95. The zero-order valence-corrected chi connectivity index (χ0v) is 15.6. The Kier molecular flexibility index (Phi) is 6.01. The van der Waals surface area contributed by atoms with E-state index in [0.717, 1.165) is 12.1 Å². The van der Waals surface area contributed by atoms with Crippen LogP contribution in [0.4, 0.5) is 18.9 Å². The largest absolute Gasteiger partial charge is 0.325 e. The molecule has 10 heteroatoms. The van der Waals surface area contributed by atoms with E-state index in [-0.39, 0.29) is 30.4 Å². The van der Waals surface area contributed by atoms with E-state index in [4.69, 9.17) is 0 Å². The van der Waals surface area contributed by atoms with Crippen molar-refractivity contribution < 1.29 is 26.4 Å². The van der Waals surface area contributed by atoms with E-state index < -0.39 is 27.5 Å². The highest BCUT2D eigenvalue weighted by molar-refractivity contribution is 7.89. The van der Waals surface area contributed by atoms with Crippen molar-refractivity contribution >= 4 is 21.6 Å². The predicted molar refractivity (Wildman–Crippen MR) is 96.6 cm³/mol. The van der Waals surface area contributed by atoms with Gasteiger partial charge in [0.25, 0.3) is 0 Å². The van der Waals surface area contributed by atoms with Gasteiger partial charge in [0.05, 0.1) is 11.4 Å². The maximum Gasteiger partial charge on any atom is 0.243 e. The first-order chi connectivity index (χ1) is 13.3. The van der Waals surface area contributed by atoms with Crippen LogP contribution in [0.25, 0.3) is 0 Å². The molecule has 0 atom stereocenters. The minimum Gasteiger partial charge on any atom is -0.325 e. The van der Waals surface area contributed by atoms with Gasteiger partial charge in [0.2, 0.25) is 15.9 Å². The maximum absolute atomic E-state index is 13.4. The molecule has 2 aromatic carbocycles. The summed E-state index contributed by atoms with van der Waals surface area (Å²) in [5.41, 5.74) is 0.338. The average Bonchev–Trinajstić information content (AvgIpc) is 2.64. The zero-order chi connectivity index (χ0) is 20.3. The summed E-state index contributed by atoms with van der Waals surface area (Å²) >= 11 is 0. The van der Waals surface area contributed by atoms with Gasteiger partial charge >= 0.3 is 0 Å². The summed E-state index contributed by atoms with van der Waals surface area (Å²) in [4.78, 5) is 13.5. The summed E-state index contributed by atoms with van der Waals surface area (Å²) < 4.78 is 65.8. The molecule has 6 nitrogen and oxygen atoms in total. The number of benzene rings is 2. The second kappa shape index (κ2) is 8.29. The van der Waals surface area contributed by atoms with Gasteiger partial charge in [-0.25, -0.2) is 21.6 Å². The van der Waals surface area contributed by atoms with Crippen molar-refractivity contribution in [2.75, 3.05) is 38.0 Å². The number of rotatable bonds is 5. The van der Waals surface area contributed by atoms with Crippen molar-refractivity contribution in [3.63, 3.8) is 0 Å². The van der Waals surface area contributed by atoms with Crippen molar-refractivity contribution in [2.45, 2.75) is 4.90 Å². The van der Waals surface area contributed by atoms with Crippen molar-refractivity contribution in [1.82, 2.24) is 9.21 Å². The topological polar surface area (TPSA) is 69.7 Å². The number of halogens is 3. The average molecular weight is 413 g/mol. The van der Waals surface area contributed by atoms with Crippen molar-refractivity contribution in [1.29, 1.82) is 0 Å². The third kappa shape index (κ3) is 4.70. The first-order valence-electron chi connectivity index (χ1n) is 8.49. The van der Waals surface area contributed by atoms with Crippen molar-refractivity contribution in [2.24, 2.45) is 0 Å². The van der Waals surface area contributed by atoms with Gasteiger partial charge in [0, 0.05) is 31.9 Å². The number of amides is 1. The molecular weight excluding hydrogens is 395 g/mol. The van der Waals surface area contributed by atoms with Gasteiger partial charge in [0.15, 0.2) is 11.6 Å². The third-order valence-electron chi connectivity index (χ3n) is 4.34. The predicted octanol–water partition coefficient (Wildman–Crippen LogP) is 2.05. The van der Waals surface area contributed by atoms with Crippen LogP contribution in [0, 0.1) is 17.5 Å². The maximum atomic E-state index is 13.4. The lowest BCUT2D eigenvalue weighted by Gasteiger charge is -2.33. The van der Waals surface area contributed by atoms with E-state index in [0.29, 0.717) is 24.8 Å². The van der Waals surface area contributed by atoms with E-state index in [2.05, 4.69) is 5.32 Å². The zero-order valence-electron chi connectivity index (χ0n) is 14.7. The fraction of sp³-hybridized carbons (Fsp3) is 0.278. The van der Waals surface area contributed by atoms with Crippen molar-refractivity contribution in [3.8, 4) is 0 Å². The van der Waals surface area contributed by atoms with Gasteiger partial charge in [-0.1, -0.05) is 6.07 Å². The number of carbonyl (C=O) groups excluding carboxylic acids is 1. The Hall–Kier alpha value is -2.43. The Labute approximate surface area is 160 Å². The normalized spacial score (nSPS) is 16.1. The molecule has 0 spiro atoms. The van der Waals surface area contributed by atoms with Gasteiger partial charge in [-0.15, -0.1) is 0 Å². The summed E-state index contributed by atoms with van der Waals surface area (Å²) in [5.74, 6) is -3.15. The number of sulfonamides is 1. The number of nitrogens with zero attached hydrogens (tertiary/aromatic N) is 2. The molecule has 1 saturated heterocycles. The Morgan fingerprint density at radius 3 is 2.32 bits per heavy atom. The van der Waals surface area contributed by atoms with Gasteiger partial charge in [-0.2, -0.15) is 4.31 Å². The first-order valence-corrected chi connectivity index (χ1v) is 9.93. The molecule has 0 saturated carbocycles. The lowest BCUT2D eigenvalue weighted by Crippen LogP contribution is -2.50. The van der Waals surface area contributed by atoms with Crippen LogP contribution in [0.15, 0.2) is 47.4 Å². The van der Waals surface area contributed by atoms with Crippen LogP contribution in [0.5, 0.6) is 0 Å². The molecule has 1 fully saturated rings. The first kappa shape index (κ1) is 20.3. The molecule has 28 heavy (non-hydrogen) atoms. The monoisotopic (exact) mass is 413 g/mol. The lowest BCUT2D eigenvalue weighted by atomic mass is 10.3. The summed E-state index contributed by atoms with van der Waals surface area (Å²) in [6.07, 6.45) is 0. The number of hydrogen-bond donors (Lipinski definition) is 1. The Morgan fingerprint density at radius 1 is 0.964 bits per heavy atom. The molecule has 1 aliphatic heterocycles. The second-order valence-electron chi connectivity index (χ2n) is 6.31. The van der Waals surface area contributed by atoms with Crippen LogP contribution in [0.3, 0.4) is 0 Å². The highest BCUT2D eigenvalue weighted by Crippen LogP contribution is 2.20. The number of nitrogens with one attached hydrogen (secondary N) is 1. The van der Waals surface area contributed by atoms with Gasteiger partial charge in [0.1, 0.15) is 5.82 Å². The van der Waals surface area contributed by atoms with Gasteiger partial charge in [-0.3, -0.25) is 9.69 Å².